The molecular weight excluding hydrogens is 304 g/mol. The van der Waals surface area contributed by atoms with Crippen LogP contribution < -0.4 is 0 Å². The summed E-state index contributed by atoms with van der Waals surface area (Å²) < 4.78 is 0.684. The minimum Gasteiger partial charge on any atom is -0.465 e. The highest BCUT2D eigenvalue weighted by atomic mass is 79.9. The molecule has 1 unspecified atom stereocenters. The molecule has 0 aliphatic carbocycles. The van der Waals surface area contributed by atoms with Gasteiger partial charge in [-0.3, -0.25) is 0 Å². The largest absolute Gasteiger partial charge is 0.465 e. The summed E-state index contributed by atoms with van der Waals surface area (Å²) in [6, 6.07) is 1.74. The summed E-state index contributed by atoms with van der Waals surface area (Å²) in [4.78, 5) is 15.9. The minimum absolute atomic E-state index is 0.0324. The van der Waals surface area contributed by atoms with Crippen LogP contribution in [0.15, 0.2) is 16.9 Å². The molecule has 100 valence electrons. The molecule has 1 aromatic rings. The second-order valence-corrected chi connectivity index (χ2v) is 4.60. The van der Waals surface area contributed by atoms with Crippen LogP contribution in [-0.4, -0.2) is 51.0 Å². The van der Waals surface area contributed by atoms with Crippen molar-refractivity contribution in [2.75, 3.05) is 19.7 Å². The predicted molar refractivity (Wildman–Crippen MR) is 68.3 cm³/mol. The van der Waals surface area contributed by atoms with E-state index < -0.39 is 12.2 Å². The van der Waals surface area contributed by atoms with Gasteiger partial charge in [0.25, 0.3) is 0 Å². The van der Waals surface area contributed by atoms with Crippen LogP contribution in [0, 0.1) is 6.92 Å². The number of nitrogens with zero attached hydrogens (tertiary/aromatic N) is 2. The molecule has 0 saturated carbocycles. The average Bonchev–Trinajstić information content (AvgIpc) is 2.31. The fourth-order valence-corrected chi connectivity index (χ4v) is 1.68. The van der Waals surface area contributed by atoms with Crippen molar-refractivity contribution in [2.45, 2.75) is 13.0 Å². The Labute approximate surface area is 113 Å². The lowest BCUT2D eigenvalue weighted by Gasteiger charge is -2.21. The van der Waals surface area contributed by atoms with Crippen molar-refractivity contribution in [3.8, 4) is 0 Å². The van der Waals surface area contributed by atoms with Crippen molar-refractivity contribution in [3.63, 3.8) is 0 Å². The van der Waals surface area contributed by atoms with Crippen molar-refractivity contribution in [3.05, 3.63) is 28.0 Å². The molecule has 7 heteroatoms. The van der Waals surface area contributed by atoms with E-state index in [-0.39, 0.29) is 19.7 Å². The summed E-state index contributed by atoms with van der Waals surface area (Å²) in [7, 11) is 0. The fourth-order valence-electron chi connectivity index (χ4n) is 1.46. The standard InChI is InChI=1S/C11H15BrN2O4/c1-7-4-8(5-13-10(7)12)9(16)6-14(2-3-15)11(17)18/h4-5,9,15-16H,2-3,6H2,1H3,(H,17,18). The third-order valence-electron chi connectivity index (χ3n) is 2.45. The van der Waals surface area contributed by atoms with E-state index >= 15 is 0 Å². The topological polar surface area (TPSA) is 93.9 Å². The van der Waals surface area contributed by atoms with Gasteiger partial charge in [-0.05, 0) is 34.5 Å². The number of aryl methyl sites for hydroxylation is 1. The van der Waals surface area contributed by atoms with Gasteiger partial charge >= 0.3 is 6.09 Å². The first-order chi connectivity index (χ1) is 8.45. The summed E-state index contributed by atoms with van der Waals surface area (Å²) in [5.41, 5.74) is 1.40. The average molecular weight is 319 g/mol. The number of carbonyl (C=O) groups is 1. The molecule has 1 heterocycles. The molecular formula is C11H15BrN2O4. The lowest BCUT2D eigenvalue weighted by Crippen LogP contribution is -2.35. The second-order valence-electron chi connectivity index (χ2n) is 3.84. The molecule has 0 aliphatic rings. The van der Waals surface area contributed by atoms with Gasteiger partial charge in [0.1, 0.15) is 4.60 Å². The molecule has 0 saturated heterocycles. The molecule has 0 aliphatic heterocycles. The maximum absolute atomic E-state index is 10.9. The molecule has 1 rings (SSSR count). The number of aliphatic hydroxyl groups is 2. The molecule has 0 radical (unpaired) electrons. The Morgan fingerprint density at radius 1 is 1.61 bits per heavy atom. The van der Waals surface area contributed by atoms with Crippen LogP contribution in [0.3, 0.4) is 0 Å². The zero-order valence-electron chi connectivity index (χ0n) is 9.88. The first-order valence-corrected chi connectivity index (χ1v) is 6.13. The van der Waals surface area contributed by atoms with Gasteiger partial charge < -0.3 is 20.2 Å². The summed E-state index contributed by atoms with van der Waals surface area (Å²) >= 11 is 3.25. The summed E-state index contributed by atoms with van der Waals surface area (Å²) in [5.74, 6) is 0. The zero-order valence-corrected chi connectivity index (χ0v) is 11.5. The highest BCUT2D eigenvalue weighted by Crippen LogP contribution is 2.19. The third-order valence-corrected chi connectivity index (χ3v) is 3.28. The molecule has 3 N–H and O–H groups in total. The molecule has 0 bridgehead atoms. The summed E-state index contributed by atoms with van der Waals surface area (Å²) in [6.45, 7) is 1.42. The van der Waals surface area contributed by atoms with E-state index in [0.717, 1.165) is 10.5 Å². The lowest BCUT2D eigenvalue weighted by atomic mass is 10.1. The van der Waals surface area contributed by atoms with Crippen LogP contribution in [0.4, 0.5) is 4.79 Å². The first kappa shape index (κ1) is 14.9. The van der Waals surface area contributed by atoms with Gasteiger partial charge in [0, 0.05) is 18.3 Å². The van der Waals surface area contributed by atoms with Crippen LogP contribution in [0.2, 0.25) is 0 Å². The monoisotopic (exact) mass is 318 g/mol. The molecule has 6 nitrogen and oxygen atoms in total. The van der Waals surface area contributed by atoms with Crippen LogP contribution in [-0.2, 0) is 0 Å². The zero-order chi connectivity index (χ0) is 13.7. The van der Waals surface area contributed by atoms with E-state index in [1.807, 2.05) is 6.92 Å². The molecule has 1 amide bonds. The Kier molecular flexibility index (Phi) is 5.52. The Hall–Kier alpha value is -1.18. The molecule has 1 aromatic heterocycles. The number of hydrogen-bond donors (Lipinski definition) is 3. The van der Waals surface area contributed by atoms with Crippen LogP contribution >= 0.6 is 15.9 Å². The van der Waals surface area contributed by atoms with Crippen molar-refractivity contribution in [1.82, 2.24) is 9.88 Å². The number of rotatable bonds is 5. The highest BCUT2D eigenvalue weighted by Gasteiger charge is 2.18. The molecule has 1 atom stereocenters. The maximum Gasteiger partial charge on any atom is 0.407 e. The van der Waals surface area contributed by atoms with E-state index in [2.05, 4.69) is 20.9 Å². The number of amides is 1. The van der Waals surface area contributed by atoms with E-state index in [0.29, 0.717) is 10.2 Å². The Bertz CT molecular complexity index is 428. The van der Waals surface area contributed by atoms with Crippen LogP contribution in [0.1, 0.15) is 17.2 Å². The normalized spacial score (nSPS) is 12.2. The van der Waals surface area contributed by atoms with Crippen molar-refractivity contribution >= 4 is 22.0 Å². The van der Waals surface area contributed by atoms with E-state index in [1.165, 1.54) is 6.20 Å². The SMILES string of the molecule is Cc1cc(C(O)CN(CCO)C(=O)O)cnc1Br. The van der Waals surface area contributed by atoms with Gasteiger partial charge in [-0.1, -0.05) is 0 Å². The molecule has 0 spiro atoms. The smallest absolute Gasteiger partial charge is 0.407 e. The van der Waals surface area contributed by atoms with Gasteiger partial charge in [0.2, 0.25) is 0 Å². The summed E-state index contributed by atoms with van der Waals surface area (Å²) in [6.07, 6.45) is -0.655. The van der Waals surface area contributed by atoms with Gasteiger partial charge in [-0.25, -0.2) is 9.78 Å². The second kappa shape index (κ2) is 6.67. The van der Waals surface area contributed by atoms with E-state index in [4.69, 9.17) is 10.2 Å². The minimum atomic E-state index is -1.18. The third kappa shape index (κ3) is 3.94. The lowest BCUT2D eigenvalue weighted by molar-refractivity contribution is 0.0870. The Morgan fingerprint density at radius 3 is 2.78 bits per heavy atom. The quantitative estimate of drug-likeness (QED) is 0.708. The van der Waals surface area contributed by atoms with E-state index in [1.54, 1.807) is 6.07 Å². The number of halogens is 1. The van der Waals surface area contributed by atoms with Gasteiger partial charge in [0.15, 0.2) is 0 Å². The van der Waals surface area contributed by atoms with Gasteiger partial charge in [-0.15, -0.1) is 0 Å². The van der Waals surface area contributed by atoms with Crippen molar-refractivity contribution < 1.29 is 20.1 Å². The van der Waals surface area contributed by atoms with Gasteiger partial charge in [-0.2, -0.15) is 0 Å². The maximum atomic E-state index is 10.9. The molecule has 18 heavy (non-hydrogen) atoms. The number of pyridine rings is 1. The number of aromatic nitrogens is 1. The highest BCUT2D eigenvalue weighted by molar-refractivity contribution is 9.10. The fraction of sp³-hybridized carbons (Fsp3) is 0.455. The van der Waals surface area contributed by atoms with Crippen molar-refractivity contribution in [1.29, 1.82) is 0 Å². The van der Waals surface area contributed by atoms with Crippen LogP contribution in [0.25, 0.3) is 0 Å². The Morgan fingerprint density at radius 2 is 2.28 bits per heavy atom. The summed E-state index contributed by atoms with van der Waals surface area (Å²) in [5, 5.41) is 27.6. The van der Waals surface area contributed by atoms with E-state index in [9.17, 15) is 9.90 Å². The first-order valence-electron chi connectivity index (χ1n) is 5.34. The van der Waals surface area contributed by atoms with Crippen LogP contribution in [0.5, 0.6) is 0 Å². The molecule has 0 aromatic carbocycles. The van der Waals surface area contributed by atoms with Gasteiger partial charge in [0.05, 0.1) is 19.3 Å². The predicted octanol–water partition coefficient (Wildman–Crippen LogP) is 1.16. The number of hydrogen-bond acceptors (Lipinski definition) is 4. The number of carboxylic acid groups (broad SMARTS) is 1. The number of aliphatic hydroxyl groups excluding tert-OH is 2. The van der Waals surface area contributed by atoms with Crippen molar-refractivity contribution in [2.24, 2.45) is 0 Å². The Balaban J connectivity index is 2.76. The molecule has 0 fully saturated rings.